The number of non-ortho nitro benzene ring substituents is 1. The third kappa shape index (κ3) is 3.46. The molecule has 2 aromatic heterocycles. The van der Waals surface area contributed by atoms with Gasteiger partial charge in [0, 0.05) is 54.4 Å². The highest BCUT2D eigenvalue weighted by Gasteiger charge is 2.21. The molecule has 0 atom stereocenters. The van der Waals surface area contributed by atoms with Crippen LogP contribution in [0.1, 0.15) is 5.56 Å². The fraction of sp³-hybridized carbons (Fsp3) is 0.211. The number of nitro groups is 1. The van der Waals surface area contributed by atoms with Crippen LogP contribution in [0.5, 0.6) is 0 Å². The van der Waals surface area contributed by atoms with E-state index in [1.165, 1.54) is 12.1 Å². The summed E-state index contributed by atoms with van der Waals surface area (Å²) in [6.07, 6.45) is 1.78. The number of aromatic nitrogens is 2. The average Bonchev–Trinajstić information content (AvgIpc) is 2.73. The fourth-order valence-electron chi connectivity index (χ4n) is 3.29. The first-order valence-corrected chi connectivity index (χ1v) is 9.45. The second-order valence-corrected chi connectivity index (χ2v) is 7.32. The quantitative estimate of drug-likeness (QED) is 0.455. The topological polar surface area (TPSA) is 99.2 Å². The Balaban J connectivity index is 1.58. The number of nitro benzene ring substituents is 1. The summed E-state index contributed by atoms with van der Waals surface area (Å²) in [6, 6.07) is 12.2. The van der Waals surface area contributed by atoms with Crippen LogP contribution in [0.15, 0.2) is 47.1 Å². The number of nitrogens with zero attached hydrogens (tertiary/aromatic N) is 6. The highest BCUT2D eigenvalue weighted by molar-refractivity contribution is 9.10. The van der Waals surface area contributed by atoms with E-state index in [2.05, 4.69) is 41.8 Å². The SMILES string of the molecule is N#Cc1cc(N2CCN(c3ccc(Br)cn3)CC2)nc2ccc([N+](=O)[O-])cc12. The minimum absolute atomic E-state index is 0.0471. The lowest BCUT2D eigenvalue weighted by atomic mass is 10.1. The van der Waals surface area contributed by atoms with Crippen LogP contribution in [0.3, 0.4) is 0 Å². The van der Waals surface area contributed by atoms with Crippen LogP contribution < -0.4 is 9.80 Å². The summed E-state index contributed by atoms with van der Waals surface area (Å²) >= 11 is 3.39. The molecule has 1 aliphatic rings. The van der Waals surface area contributed by atoms with E-state index >= 15 is 0 Å². The highest BCUT2D eigenvalue weighted by Crippen LogP contribution is 2.27. The number of pyridine rings is 2. The summed E-state index contributed by atoms with van der Waals surface area (Å²) in [5.74, 6) is 1.64. The Morgan fingerprint density at radius 1 is 1.07 bits per heavy atom. The molecule has 8 nitrogen and oxygen atoms in total. The van der Waals surface area contributed by atoms with E-state index in [9.17, 15) is 15.4 Å². The zero-order chi connectivity index (χ0) is 19.7. The number of rotatable bonds is 3. The predicted molar refractivity (Wildman–Crippen MR) is 109 cm³/mol. The van der Waals surface area contributed by atoms with E-state index in [4.69, 9.17) is 0 Å². The van der Waals surface area contributed by atoms with Crippen molar-refractivity contribution in [3.05, 3.63) is 62.7 Å². The van der Waals surface area contributed by atoms with Gasteiger partial charge in [-0.1, -0.05) is 0 Å². The molecule has 1 saturated heterocycles. The van der Waals surface area contributed by atoms with Crippen molar-refractivity contribution in [3.63, 3.8) is 0 Å². The molecule has 0 saturated carbocycles. The van der Waals surface area contributed by atoms with E-state index in [0.29, 0.717) is 22.3 Å². The molecule has 28 heavy (non-hydrogen) atoms. The molecular formula is C19H15BrN6O2. The molecule has 0 amide bonds. The van der Waals surface area contributed by atoms with Gasteiger partial charge in [-0.15, -0.1) is 0 Å². The van der Waals surface area contributed by atoms with Crippen molar-refractivity contribution in [1.29, 1.82) is 5.26 Å². The summed E-state index contributed by atoms with van der Waals surface area (Å²) in [5.41, 5.74) is 0.923. The van der Waals surface area contributed by atoms with Gasteiger partial charge in [0.2, 0.25) is 0 Å². The molecule has 0 radical (unpaired) electrons. The van der Waals surface area contributed by atoms with Crippen LogP contribution in [-0.4, -0.2) is 41.1 Å². The first-order chi connectivity index (χ1) is 13.5. The van der Waals surface area contributed by atoms with Crippen molar-refractivity contribution in [2.75, 3.05) is 36.0 Å². The maximum absolute atomic E-state index is 11.0. The van der Waals surface area contributed by atoms with Crippen LogP contribution in [-0.2, 0) is 0 Å². The number of halogens is 1. The third-order valence-electron chi connectivity index (χ3n) is 4.75. The smallest absolute Gasteiger partial charge is 0.270 e. The molecule has 0 aliphatic carbocycles. The van der Waals surface area contributed by atoms with E-state index < -0.39 is 4.92 Å². The van der Waals surface area contributed by atoms with Gasteiger partial charge >= 0.3 is 0 Å². The van der Waals surface area contributed by atoms with Gasteiger partial charge in [-0.2, -0.15) is 5.26 Å². The zero-order valence-corrected chi connectivity index (χ0v) is 16.3. The Labute approximate surface area is 169 Å². The molecule has 1 fully saturated rings. The minimum atomic E-state index is -0.468. The molecule has 1 aliphatic heterocycles. The number of benzene rings is 1. The maximum atomic E-state index is 11.0. The monoisotopic (exact) mass is 438 g/mol. The number of hydrogen-bond acceptors (Lipinski definition) is 7. The highest BCUT2D eigenvalue weighted by atomic mass is 79.9. The van der Waals surface area contributed by atoms with Crippen molar-refractivity contribution in [1.82, 2.24) is 9.97 Å². The second-order valence-electron chi connectivity index (χ2n) is 6.41. The Kier molecular flexibility index (Phi) is 4.79. The molecule has 0 spiro atoms. The zero-order valence-electron chi connectivity index (χ0n) is 14.7. The Morgan fingerprint density at radius 2 is 1.79 bits per heavy atom. The van der Waals surface area contributed by atoms with Crippen molar-refractivity contribution >= 4 is 44.2 Å². The van der Waals surface area contributed by atoms with E-state index in [-0.39, 0.29) is 5.69 Å². The van der Waals surface area contributed by atoms with Crippen LogP contribution in [0.4, 0.5) is 17.3 Å². The summed E-state index contributed by atoms with van der Waals surface area (Å²) in [7, 11) is 0. The van der Waals surface area contributed by atoms with Gasteiger partial charge in [-0.25, -0.2) is 9.97 Å². The molecule has 0 N–H and O–H groups in total. The molecule has 140 valence electrons. The first kappa shape index (κ1) is 18.1. The van der Waals surface area contributed by atoms with Crippen LogP contribution in [0.2, 0.25) is 0 Å². The number of anilines is 2. The van der Waals surface area contributed by atoms with Crippen LogP contribution >= 0.6 is 15.9 Å². The van der Waals surface area contributed by atoms with Gasteiger partial charge in [0.25, 0.3) is 5.69 Å². The summed E-state index contributed by atoms with van der Waals surface area (Å²) < 4.78 is 0.944. The molecule has 9 heteroatoms. The van der Waals surface area contributed by atoms with Gasteiger partial charge in [0.05, 0.1) is 22.1 Å². The Hall–Kier alpha value is -3.25. The number of fused-ring (bicyclic) bond motifs is 1. The number of piperazine rings is 1. The molecule has 1 aromatic carbocycles. The van der Waals surface area contributed by atoms with Crippen molar-refractivity contribution < 1.29 is 4.92 Å². The second kappa shape index (κ2) is 7.40. The molecule has 4 rings (SSSR count). The first-order valence-electron chi connectivity index (χ1n) is 8.66. The van der Waals surface area contributed by atoms with E-state index in [1.807, 2.05) is 12.1 Å². The summed E-state index contributed by atoms with van der Waals surface area (Å²) in [4.78, 5) is 23.9. The summed E-state index contributed by atoms with van der Waals surface area (Å²) in [5, 5.41) is 21.0. The number of hydrogen-bond donors (Lipinski definition) is 0. The lowest BCUT2D eigenvalue weighted by molar-refractivity contribution is -0.384. The molecule has 3 heterocycles. The summed E-state index contributed by atoms with van der Waals surface area (Å²) in [6.45, 7) is 3.06. The lowest BCUT2D eigenvalue weighted by Crippen LogP contribution is -2.47. The number of nitriles is 1. The molecule has 3 aromatic rings. The van der Waals surface area contributed by atoms with Gasteiger partial charge in [0.1, 0.15) is 11.6 Å². The fourth-order valence-corrected chi connectivity index (χ4v) is 3.52. The molecule has 0 unspecified atom stereocenters. The van der Waals surface area contributed by atoms with E-state index in [1.54, 1.807) is 18.3 Å². The van der Waals surface area contributed by atoms with Crippen molar-refractivity contribution in [3.8, 4) is 6.07 Å². The van der Waals surface area contributed by atoms with Gasteiger partial charge in [0.15, 0.2) is 0 Å². The standard InChI is InChI=1S/C19H15BrN6O2/c20-14-1-4-18(22-12-14)24-5-7-25(8-6-24)19-9-13(11-21)16-10-15(26(27)28)2-3-17(16)23-19/h1-4,9-10,12H,5-8H2. The van der Waals surface area contributed by atoms with Crippen molar-refractivity contribution in [2.24, 2.45) is 0 Å². The van der Waals surface area contributed by atoms with Crippen LogP contribution in [0.25, 0.3) is 10.9 Å². The van der Waals surface area contributed by atoms with Gasteiger partial charge < -0.3 is 9.80 Å². The Morgan fingerprint density at radius 3 is 2.39 bits per heavy atom. The largest absolute Gasteiger partial charge is 0.353 e. The van der Waals surface area contributed by atoms with Crippen LogP contribution in [0, 0.1) is 21.4 Å². The van der Waals surface area contributed by atoms with Crippen molar-refractivity contribution in [2.45, 2.75) is 0 Å². The molecule has 0 bridgehead atoms. The Bertz CT molecular complexity index is 1090. The van der Waals surface area contributed by atoms with Gasteiger partial charge in [-0.3, -0.25) is 10.1 Å². The lowest BCUT2D eigenvalue weighted by Gasteiger charge is -2.36. The predicted octanol–water partition coefficient (Wildman–Crippen LogP) is 3.50. The van der Waals surface area contributed by atoms with E-state index in [0.717, 1.165) is 36.5 Å². The average molecular weight is 439 g/mol. The normalized spacial score (nSPS) is 14.1. The minimum Gasteiger partial charge on any atom is -0.353 e. The third-order valence-corrected chi connectivity index (χ3v) is 5.22. The molecular weight excluding hydrogens is 424 g/mol. The van der Waals surface area contributed by atoms with Gasteiger partial charge in [-0.05, 0) is 40.2 Å². The maximum Gasteiger partial charge on any atom is 0.270 e.